The normalized spacial score (nSPS) is 16.1. The average molecular weight is 366 g/mol. The maximum Gasteiger partial charge on any atom is 0.263 e. The fourth-order valence-corrected chi connectivity index (χ4v) is 3.78. The first-order valence-electron chi connectivity index (χ1n) is 10.3. The standard InChI is InChI=1S/C24H31NO2/c1-3-19-10-12-22(13-11-19)27-23(4-2)24(26)25-16-14-21(15-17-25)18-20-8-6-5-7-9-20/h5-13,21,23H,3-4,14-18H2,1-2H3/t23-/m0/s1. The highest BCUT2D eigenvalue weighted by Crippen LogP contribution is 2.23. The molecule has 3 nitrogen and oxygen atoms in total. The summed E-state index contributed by atoms with van der Waals surface area (Å²) in [5.41, 5.74) is 2.68. The zero-order chi connectivity index (χ0) is 19.1. The number of carbonyl (C=O) groups excluding carboxylic acids is 1. The van der Waals surface area contributed by atoms with Gasteiger partial charge in [0.25, 0.3) is 5.91 Å². The van der Waals surface area contributed by atoms with Crippen LogP contribution in [0, 0.1) is 5.92 Å². The quantitative estimate of drug-likeness (QED) is 0.699. The number of ether oxygens (including phenoxy) is 1. The minimum Gasteiger partial charge on any atom is -0.481 e. The molecule has 0 spiro atoms. The highest BCUT2D eigenvalue weighted by molar-refractivity contribution is 5.81. The van der Waals surface area contributed by atoms with Gasteiger partial charge in [-0.2, -0.15) is 0 Å². The summed E-state index contributed by atoms with van der Waals surface area (Å²) in [6, 6.07) is 18.7. The van der Waals surface area contributed by atoms with Gasteiger partial charge in [-0.05, 0) is 61.3 Å². The minimum atomic E-state index is -0.386. The molecule has 3 heteroatoms. The fourth-order valence-electron chi connectivity index (χ4n) is 3.78. The van der Waals surface area contributed by atoms with Crippen molar-refractivity contribution in [2.45, 2.75) is 52.1 Å². The number of rotatable bonds is 7. The van der Waals surface area contributed by atoms with Crippen LogP contribution in [-0.2, 0) is 17.6 Å². The molecular weight excluding hydrogens is 334 g/mol. The third-order valence-electron chi connectivity index (χ3n) is 5.55. The van der Waals surface area contributed by atoms with Gasteiger partial charge in [-0.3, -0.25) is 4.79 Å². The van der Waals surface area contributed by atoms with Crippen LogP contribution in [0.2, 0.25) is 0 Å². The molecule has 0 aromatic heterocycles. The molecule has 1 aliphatic heterocycles. The molecule has 1 saturated heterocycles. The van der Waals surface area contributed by atoms with E-state index >= 15 is 0 Å². The maximum absolute atomic E-state index is 12.9. The van der Waals surface area contributed by atoms with Crippen LogP contribution in [0.5, 0.6) is 5.75 Å². The van der Waals surface area contributed by atoms with Crippen LogP contribution < -0.4 is 4.74 Å². The lowest BCUT2D eigenvalue weighted by Gasteiger charge is -2.34. The molecule has 1 heterocycles. The lowest BCUT2D eigenvalue weighted by atomic mass is 9.90. The van der Waals surface area contributed by atoms with E-state index in [1.54, 1.807) is 0 Å². The summed E-state index contributed by atoms with van der Waals surface area (Å²) in [4.78, 5) is 14.9. The SMILES string of the molecule is CCc1ccc(O[C@@H](CC)C(=O)N2CCC(Cc3ccccc3)CC2)cc1. The Morgan fingerprint density at radius 3 is 2.26 bits per heavy atom. The Morgan fingerprint density at radius 1 is 1.00 bits per heavy atom. The Labute approximate surface area is 163 Å². The molecule has 144 valence electrons. The summed E-state index contributed by atoms with van der Waals surface area (Å²) < 4.78 is 6.01. The minimum absolute atomic E-state index is 0.134. The van der Waals surface area contributed by atoms with Crippen molar-refractivity contribution in [3.8, 4) is 5.75 Å². The fraction of sp³-hybridized carbons (Fsp3) is 0.458. The van der Waals surface area contributed by atoms with E-state index in [1.807, 2.05) is 24.0 Å². The average Bonchev–Trinajstić information content (AvgIpc) is 2.73. The highest BCUT2D eigenvalue weighted by Gasteiger charge is 2.28. The van der Waals surface area contributed by atoms with E-state index in [9.17, 15) is 4.79 Å². The van der Waals surface area contributed by atoms with Gasteiger partial charge in [-0.25, -0.2) is 0 Å². The van der Waals surface area contributed by atoms with Crippen LogP contribution in [-0.4, -0.2) is 30.0 Å². The van der Waals surface area contributed by atoms with Gasteiger partial charge in [0.2, 0.25) is 0 Å². The Bertz CT molecular complexity index is 703. The molecule has 3 rings (SSSR count). The van der Waals surface area contributed by atoms with Crippen molar-refractivity contribution < 1.29 is 9.53 Å². The van der Waals surface area contributed by atoms with Crippen LogP contribution in [0.1, 0.15) is 44.2 Å². The molecule has 27 heavy (non-hydrogen) atoms. The Kier molecular flexibility index (Phi) is 6.92. The molecule has 1 amide bonds. The largest absolute Gasteiger partial charge is 0.481 e. The van der Waals surface area contributed by atoms with Crippen LogP contribution in [0.4, 0.5) is 0 Å². The lowest BCUT2D eigenvalue weighted by molar-refractivity contribution is -0.140. The van der Waals surface area contributed by atoms with Gasteiger partial charge >= 0.3 is 0 Å². The third-order valence-corrected chi connectivity index (χ3v) is 5.55. The van der Waals surface area contributed by atoms with Gasteiger partial charge in [0.1, 0.15) is 5.75 Å². The van der Waals surface area contributed by atoms with Crippen molar-refractivity contribution in [2.75, 3.05) is 13.1 Å². The summed E-state index contributed by atoms with van der Waals surface area (Å²) >= 11 is 0. The smallest absolute Gasteiger partial charge is 0.263 e. The number of carbonyl (C=O) groups is 1. The first kappa shape index (κ1) is 19.5. The van der Waals surface area contributed by atoms with E-state index in [1.165, 1.54) is 11.1 Å². The summed E-state index contributed by atoms with van der Waals surface area (Å²) in [7, 11) is 0. The van der Waals surface area contributed by atoms with Crippen molar-refractivity contribution in [2.24, 2.45) is 5.92 Å². The number of hydrogen-bond donors (Lipinski definition) is 0. The second kappa shape index (κ2) is 9.59. The Morgan fingerprint density at radius 2 is 1.67 bits per heavy atom. The second-order valence-electron chi connectivity index (χ2n) is 7.47. The summed E-state index contributed by atoms with van der Waals surface area (Å²) in [5, 5.41) is 0. The number of hydrogen-bond acceptors (Lipinski definition) is 2. The van der Waals surface area contributed by atoms with Gasteiger partial charge in [0, 0.05) is 13.1 Å². The Hall–Kier alpha value is -2.29. The zero-order valence-corrected chi connectivity index (χ0v) is 16.6. The second-order valence-corrected chi connectivity index (χ2v) is 7.47. The van der Waals surface area contributed by atoms with E-state index in [0.29, 0.717) is 12.3 Å². The maximum atomic E-state index is 12.9. The molecule has 0 bridgehead atoms. The Balaban J connectivity index is 1.52. The van der Waals surface area contributed by atoms with Gasteiger partial charge < -0.3 is 9.64 Å². The number of amides is 1. The molecule has 0 radical (unpaired) electrons. The monoisotopic (exact) mass is 365 g/mol. The molecule has 1 fully saturated rings. The van der Waals surface area contributed by atoms with Crippen molar-refractivity contribution in [1.29, 1.82) is 0 Å². The molecule has 2 aromatic carbocycles. The molecule has 1 aliphatic rings. The van der Waals surface area contributed by atoms with Crippen molar-refractivity contribution in [1.82, 2.24) is 4.90 Å². The van der Waals surface area contributed by atoms with E-state index < -0.39 is 0 Å². The highest BCUT2D eigenvalue weighted by atomic mass is 16.5. The predicted molar refractivity (Wildman–Crippen MR) is 110 cm³/mol. The van der Waals surface area contributed by atoms with Gasteiger partial charge in [0.15, 0.2) is 6.10 Å². The number of likely N-dealkylation sites (tertiary alicyclic amines) is 1. The molecule has 0 N–H and O–H groups in total. The van der Waals surface area contributed by atoms with E-state index in [0.717, 1.165) is 44.5 Å². The van der Waals surface area contributed by atoms with E-state index in [4.69, 9.17) is 4.74 Å². The van der Waals surface area contributed by atoms with Crippen LogP contribution >= 0.6 is 0 Å². The molecule has 0 saturated carbocycles. The lowest BCUT2D eigenvalue weighted by Crippen LogP contribution is -2.45. The van der Waals surface area contributed by atoms with Crippen molar-refractivity contribution >= 4 is 5.91 Å². The predicted octanol–water partition coefficient (Wildman–Crippen LogP) is 4.89. The first-order chi connectivity index (χ1) is 13.2. The van der Waals surface area contributed by atoms with E-state index in [-0.39, 0.29) is 12.0 Å². The van der Waals surface area contributed by atoms with Crippen LogP contribution in [0.25, 0.3) is 0 Å². The number of piperidine rings is 1. The summed E-state index contributed by atoms with van der Waals surface area (Å²) in [5.74, 6) is 1.58. The number of benzene rings is 2. The molecule has 0 aliphatic carbocycles. The van der Waals surface area contributed by atoms with Gasteiger partial charge in [-0.15, -0.1) is 0 Å². The van der Waals surface area contributed by atoms with Crippen molar-refractivity contribution in [3.05, 3.63) is 65.7 Å². The number of nitrogens with zero attached hydrogens (tertiary/aromatic N) is 1. The topological polar surface area (TPSA) is 29.5 Å². The molecule has 1 atom stereocenters. The van der Waals surface area contributed by atoms with Crippen LogP contribution in [0.15, 0.2) is 54.6 Å². The summed E-state index contributed by atoms with van der Waals surface area (Å²) in [6.07, 6.45) is 4.57. The summed E-state index contributed by atoms with van der Waals surface area (Å²) in [6.45, 7) is 5.83. The van der Waals surface area contributed by atoms with Gasteiger partial charge in [-0.1, -0.05) is 56.3 Å². The molecule has 2 aromatic rings. The third kappa shape index (κ3) is 5.35. The van der Waals surface area contributed by atoms with E-state index in [2.05, 4.69) is 49.4 Å². The molecular formula is C24H31NO2. The first-order valence-corrected chi connectivity index (χ1v) is 10.3. The zero-order valence-electron chi connectivity index (χ0n) is 16.6. The van der Waals surface area contributed by atoms with Crippen LogP contribution in [0.3, 0.4) is 0 Å². The number of aryl methyl sites for hydroxylation is 1. The molecule has 0 unspecified atom stereocenters. The van der Waals surface area contributed by atoms with Crippen molar-refractivity contribution in [3.63, 3.8) is 0 Å². The van der Waals surface area contributed by atoms with Gasteiger partial charge in [0.05, 0.1) is 0 Å².